The second-order valence-electron chi connectivity index (χ2n) is 9.27. The van der Waals surface area contributed by atoms with Gasteiger partial charge < -0.3 is 9.90 Å². The number of Topliss-reactive ketones (excluding diaryl/α,β-unsaturated/α-hetero) is 2. The van der Waals surface area contributed by atoms with Gasteiger partial charge in [0, 0.05) is 38.0 Å². The first-order chi connectivity index (χ1) is 15.5. The third kappa shape index (κ3) is 21.7. The molecule has 0 aliphatic heterocycles. The quantitative estimate of drug-likeness (QED) is 0.116. The number of rotatable bonds is 25. The van der Waals surface area contributed by atoms with Gasteiger partial charge in [-0.1, -0.05) is 84.0 Å². The molecule has 0 radical (unpaired) electrons. The number of aldehydes is 1. The van der Waals surface area contributed by atoms with Gasteiger partial charge in [-0.2, -0.15) is 0 Å². The summed E-state index contributed by atoms with van der Waals surface area (Å²) in [6, 6.07) is 0. The Morgan fingerprint density at radius 2 is 1.03 bits per heavy atom. The molecular weight excluding hydrogens is 404 g/mol. The third-order valence-electron chi connectivity index (χ3n) is 6.20. The lowest BCUT2D eigenvalue weighted by atomic mass is 9.94. The Kier molecular flexibility index (Phi) is 21.6. The van der Waals surface area contributed by atoms with Gasteiger partial charge in [0.1, 0.15) is 17.9 Å². The molecule has 5 heteroatoms. The standard InChI is InChI=1S/C27H48O5/c1-2-25(29)19-16-13-14-18-24(23-28)22-26(30)20-15-11-9-7-5-3-4-6-8-10-12-17-21-27(31)32/h23-24H,2-22H2,1H3,(H,31,32). The van der Waals surface area contributed by atoms with E-state index in [1.165, 1.54) is 44.9 Å². The van der Waals surface area contributed by atoms with Crippen LogP contribution in [0.25, 0.3) is 0 Å². The number of ketones is 2. The number of aliphatic carboxylic acids is 1. The third-order valence-corrected chi connectivity index (χ3v) is 6.20. The van der Waals surface area contributed by atoms with Crippen LogP contribution in [-0.2, 0) is 19.2 Å². The first kappa shape index (κ1) is 30.5. The molecule has 1 unspecified atom stereocenters. The van der Waals surface area contributed by atoms with Crippen LogP contribution in [0.2, 0.25) is 0 Å². The smallest absolute Gasteiger partial charge is 0.303 e. The van der Waals surface area contributed by atoms with E-state index in [0.29, 0.717) is 37.9 Å². The number of hydrogen-bond donors (Lipinski definition) is 1. The summed E-state index contributed by atoms with van der Waals surface area (Å²) < 4.78 is 0. The normalized spacial score (nSPS) is 11.9. The highest BCUT2D eigenvalue weighted by Crippen LogP contribution is 2.16. The summed E-state index contributed by atoms with van der Waals surface area (Å²) in [5.41, 5.74) is 0. The summed E-state index contributed by atoms with van der Waals surface area (Å²) in [6.07, 6.45) is 20.6. The van der Waals surface area contributed by atoms with Crippen molar-refractivity contribution in [2.24, 2.45) is 5.92 Å². The first-order valence-corrected chi connectivity index (χ1v) is 13.2. The van der Waals surface area contributed by atoms with E-state index >= 15 is 0 Å². The highest BCUT2D eigenvalue weighted by molar-refractivity contribution is 5.81. The molecule has 0 aromatic carbocycles. The van der Waals surface area contributed by atoms with Crippen molar-refractivity contribution < 1.29 is 24.3 Å². The minimum absolute atomic E-state index is 0.151. The predicted octanol–water partition coefficient (Wildman–Crippen LogP) is 7.24. The van der Waals surface area contributed by atoms with Crippen LogP contribution in [0.15, 0.2) is 0 Å². The monoisotopic (exact) mass is 452 g/mol. The summed E-state index contributed by atoms with van der Waals surface area (Å²) in [7, 11) is 0. The predicted molar refractivity (Wildman–Crippen MR) is 130 cm³/mol. The maximum atomic E-state index is 12.1. The molecule has 1 N–H and O–H groups in total. The lowest BCUT2D eigenvalue weighted by molar-refractivity contribution is -0.137. The Bertz CT molecular complexity index is 500. The largest absolute Gasteiger partial charge is 0.481 e. The van der Waals surface area contributed by atoms with Crippen LogP contribution in [-0.4, -0.2) is 28.9 Å². The number of carbonyl (C=O) groups excluding carboxylic acids is 3. The highest BCUT2D eigenvalue weighted by Gasteiger charge is 2.13. The zero-order chi connectivity index (χ0) is 23.9. The minimum Gasteiger partial charge on any atom is -0.481 e. The number of hydrogen-bond acceptors (Lipinski definition) is 4. The van der Waals surface area contributed by atoms with E-state index in [1.54, 1.807) is 0 Å². The van der Waals surface area contributed by atoms with Crippen LogP contribution in [0.3, 0.4) is 0 Å². The van der Waals surface area contributed by atoms with Crippen LogP contribution >= 0.6 is 0 Å². The lowest BCUT2D eigenvalue weighted by Gasteiger charge is -2.09. The van der Waals surface area contributed by atoms with E-state index in [-0.39, 0.29) is 11.7 Å². The molecule has 0 aromatic heterocycles. The van der Waals surface area contributed by atoms with Gasteiger partial charge in [-0.25, -0.2) is 0 Å². The highest BCUT2D eigenvalue weighted by atomic mass is 16.4. The van der Waals surface area contributed by atoms with E-state index in [4.69, 9.17) is 5.11 Å². The summed E-state index contributed by atoms with van der Waals surface area (Å²) in [5.74, 6) is -0.328. The molecule has 0 saturated heterocycles. The average molecular weight is 453 g/mol. The average Bonchev–Trinajstić information content (AvgIpc) is 2.77. The van der Waals surface area contributed by atoms with E-state index in [0.717, 1.165) is 64.1 Å². The van der Waals surface area contributed by atoms with Gasteiger partial charge in [0.25, 0.3) is 0 Å². The van der Waals surface area contributed by atoms with Crippen molar-refractivity contribution >= 4 is 23.8 Å². The summed E-state index contributed by atoms with van der Waals surface area (Å²) in [6.45, 7) is 1.88. The Balaban J connectivity index is 3.46. The van der Waals surface area contributed by atoms with Crippen LogP contribution in [0.1, 0.15) is 142 Å². The minimum atomic E-state index is -0.691. The molecule has 0 rings (SSSR count). The summed E-state index contributed by atoms with van der Waals surface area (Å²) >= 11 is 0. The molecule has 0 saturated carbocycles. The van der Waals surface area contributed by atoms with Gasteiger partial charge in [-0.05, 0) is 25.7 Å². The van der Waals surface area contributed by atoms with Gasteiger partial charge in [0.05, 0.1) is 0 Å². The van der Waals surface area contributed by atoms with Gasteiger partial charge in [0.2, 0.25) is 0 Å². The van der Waals surface area contributed by atoms with E-state index in [1.807, 2.05) is 6.92 Å². The van der Waals surface area contributed by atoms with Crippen molar-refractivity contribution in [1.29, 1.82) is 0 Å². The molecule has 0 spiro atoms. The fourth-order valence-corrected chi connectivity index (χ4v) is 4.06. The summed E-state index contributed by atoms with van der Waals surface area (Å²) in [5, 5.41) is 8.59. The molecular formula is C27H48O5. The molecule has 0 aliphatic rings. The number of carboxylic acid groups (broad SMARTS) is 1. The molecule has 0 heterocycles. The van der Waals surface area contributed by atoms with Gasteiger partial charge in [0.15, 0.2) is 0 Å². The topological polar surface area (TPSA) is 88.5 Å². The zero-order valence-corrected chi connectivity index (χ0v) is 20.6. The molecule has 0 fully saturated rings. The maximum absolute atomic E-state index is 12.1. The van der Waals surface area contributed by atoms with Crippen LogP contribution < -0.4 is 0 Å². The van der Waals surface area contributed by atoms with Crippen molar-refractivity contribution in [3.8, 4) is 0 Å². The molecule has 1 atom stereocenters. The van der Waals surface area contributed by atoms with E-state index in [9.17, 15) is 19.2 Å². The van der Waals surface area contributed by atoms with Crippen LogP contribution in [0.5, 0.6) is 0 Å². The lowest BCUT2D eigenvalue weighted by Crippen LogP contribution is -2.10. The van der Waals surface area contributed by atoms with Gasteiger partial charge >= 0.3 is 5.97 Å². The molecule has 0 aromatic rings. The van der Waals surface area contributed by atoms with Crippen molar-refractivity contribution in [2.45, 2.75) is 142 Å². The fraction of sp³-hybridized carbons (Fsp3) is 0.852. The van der Waals surface area contributed by atoms with E-state index in [2.05, 4.69) is 0 Å². The first-order valence-electron chi connectivity index (χ1n) is 13.2. The van der Waals surface area contributed by atoms with Gasteiger partial charge in [-0.3, -0.25) is 14.4 Å². The summed E-state index contributed by atoms with van der Waals surface area (Å²) in [4.78, 5) is 45.1. The number of unbranched alkanes of at least 4 members (excludes halogenated alkanes) is 13. The Labute approximate surface area is 196 Å². The second kappa shape index (κ2) is 22.7. The Morgan fingerprint density at radius 3 is 1.47 bits per heavy atom. The number of carbonyl (C=O) groups is 4. The second-order valence-corrected chi connectivity index (χ2v) is 9.27. The van der Waals surface area contributed by atoms with Crippen molar-refractivity contribution in [3.63, 3.8) is 0 Å². The zero-order valence-electron chi connectivity index (χ0n) is 20.6. The molecule has 0 bridgehead atoms. The molecule has 0 amide bonds. The van der Waals surface area contributed by atoms with Crippen LogP contribution in [0.4, 0.5) is 0 Å². The van der Waals surface area contributed by atoms with Crippen molar-refractivity contribution in [1.82, 2.24) is 0 Å². The van der Waals surface area contributed by atoms with Crippen molar-refractivity contribution in [3.05, 3.63) is 0 Å². The van der Waals surface area contributed by atoms with E-state index < -0.39 is 5.97 Å². The van der Waals surface area contributed by atoms with Gasteiger partial charge in [-0.15, -0.1) is 0 Å². The molecule has 5 nitrogen and oxygen atoms in total. The Morgan fingerprint density at radius 1 is 0.625 bits per heavy atom. The van der Waals surface area contributed by atoms with Crippen molar-refractivity contribution in [2.75, 3.05) is 0 Å². The SMILES string of the molecule is CCC(=O)CCCCCC(C=O)CC(=O)CCCCCCCCCCCCCCC(=O)O. The molecule has 32 heavy (non-hydrogen) atoms. The number of carboxylic acids is 1. The molecule has 186 valence electrons. The fourth-order valence-electron chi connectivity index (χ4n) is 4.06. The van der Waals surface area contributed by atoms with Crippen LogP contribution in [0, 0.1) is 5.92 Å². The molecule has 0 aliphatic carbocycles. The Hall–Kier alpha value is -1.52. The maximum Gasteiger partial charge on any atom is 0.303 e.